The maximum atomic E-state index is 11.0. The molecule has 2 rings (SSSR count). The number of rotatable bonds is 6. The molecule has 4 heteroatoms. The van der Waals surface area contributed by atoms with E-state index in [-0.39, 0.29) is 0 Å². The molecular weight excluding hydrogens is 280 g/mol. The van der Waals surface area contributed by atoms with Crippen LogP contribution in [0, 0.1) is 0 Å². The Kier molecular flexibility index (Phi) is 5.04. The molecule has 0 unspecified atom stereocenters. The third kappa shape index (κ3) is 3.39. The van der Waals surface area contributed by atoms with Crippen molar-refractivity contribution in [2.45, 2.75) is 19.8 Å². The van der Waals surface area contributed by atoms with E-state index in [0.717, 1.165) is 6.29 Å². The molecule has 0 fully saturated rings. The first-order chi connectivity index (χ1) is 10.6. The third-order valence-electron chi connectivity index (χ3n) is 3.38. The number of benzene rings is 2. The van der Waals surface area contributed by atoms with Crippen LogP contribution in [0.1, 0.15) is 35.7 Å². The summed E-state index contributed by atoms with van der Waals surface area (Å²) in [5.74, 6) is 2.50. The van der Waals surface area contributed by atoms with Gasteiger partial charge in [-0.1, -0.05) is 26.0 Å². The second-order valence-electron chi connectivity index (χ2n) is 5.20. The highest BCUT2D eigenvalue weighted by Crippen LogP contribution is 2.40. The minimum absolute atomic E-state index is 0.446. The summed E-state index contributed by atoms with van der Waals surface area (Å²) in [7, 11) is 3.06. The van der Waals surface area contributed by atoms with Crippen LogP contribution in [-0.4, -0.2) is 20.5 Å². The van der Waals surface area contributed by atoms with Crippen molar-refractivity contribution < 1.29 is 19.0 Å². The molecule has 0 aliphatic carbocycles. The van der Waals surface area contributed by atoms with Crippen LogP contribution in [0.15, 0.2) is 36.4 Å². The first-order valence-electron chi connectivity index (χ1n) is 7.08. The van der Waals surface area contributed by atoms with Gasteiger partial charge in [0.1, 0.15) is 12.0 Å². The molecule has 0 atom stereocenters. The Labute approximate surface area is 130 Å². The van der Waals surface area contributed by atoms with Crippen molar-refractivity contribution in [3.63, 3.8) is 0 Å². The predicted molar refractivity (Wildman–Crippen MR) is 85.5 cm³/mol. The summed E-state index contributed by atoms with van der Waals surface area (Å²) >= 11 is 0. The molecule has 0 aliphatic rings. The van der Waals surface area contributed by atoms with Crippen LogP contribution >= 0.6 is 0 Å². The monoisotopic (exact) mass is 300 g/mol. The van der Waals surface area contributed by atoms with Crippen LogP contribution in [0.3, 0.4) is 0 Å². The van der Waals surface area contributed by atoms with E-state index in [2.05, 4.69) is 13.8 Å². The Balaban J connectivity index is 2.37. The number of ether oxygens (including phenoxy) is 3. The van der Waals surface area contributed by atoms with E-state index in [1.807, 2.05) is 24.3 Å². The maximum absolute atomic E-state index is 11.0. The molecule has 0 saturated carbocycles. The smallest absolute Gasteiger partial charge is 0.203 e. The van der Waals surface area contributed by atoms with E-state index in [9.17, 15) is 4.79 Å². The molecule has 0 aliphatic heterocycles. The van der Waals surface area contributed by atoms with Gasteiger partial charge in [-0.05, 0) is 35.7 Å². The van der Waals surface area contributed by atoms with E-state index in [1.165, 1.54) is 19.8 Å². The van der Waals surface area contributed by atoms with Gasteiger partial charge in [0.05, 0.1) is 14.2 Å². The van der Waals surface area contributed by atoms with Crippen LogP contribution in [0.25, 0.3) is 0 Å². The van der Waals surface area contributed by atoms with E-state index < -0.39 is 0 Å². The quantitative estimate of drug-likeness (QED) is 0.740. The van der Waals surface area contributed by atoms with Gasteiger partial charge in [0.25, 0.3) is 0 Å². The zero-order chi connectivity index (χ0) is 16.1. The molecule has 0 amide bonds. The predicted octanol–water partition coefficient (Wildman–Crippen LogP) is 4.43. The molecule has 22 heavy (non-hydrogen) atoms. The zero-order valence-electron chi connectivity index (χ0n) is 13.3. The third-order valence-corrected chi connectivity index (χ3v) is 3.38. The number of methoxy groups -OCH3 is 2. The van der Waals surface area contributed by atoms with Crippen LogP contribution in [-0.2, 0) is 0 Å². The minimum atomic E-state index is 0.446. The van der Waals surface area contributed by atoms with Gasteiger partial charge < -0.3 is 14.2 Å². The summed E-state index contributed by atoms with van der Waals surface area (Å²) in [4.78, 5) is 11.0. The molecule has 0 radical (unpaired) electrons. The van der Waals surface area contributed by atoms with Gasteiger partial charge >= 0.3 is 0 Å². The maximum Gasteiger partial charge on any atom is 0.203 e. The van der Waals surface area contributed by atoms with Crippen molar-refractivity contribution in [2.75, 3.05) is 14.2 Å². The fourth-order valence-electron chi connectivity index (χ4n) is 2.14. The molecular formula is C18H20O4. The van der Waals surface area contributed by atoms with Crippen LogP contribution in [0.2, 0.25) is 0 Å². The van der Waals surface area contributed by atoms with Gasteiger partial charge in [-0.15, -0.1) is 0 Å². The highest BCUT2D eigenvalue weighted by atomic mass is 16.5. The molecule has 0 aromatic heterocycles. The van der Waals surface area contributed by atoms with E-state index in [0.29, 0.717) is 34.5 Å². The average Bonchev–Trinajstić information content (AvgIpc) is 2.54. The van der Waals surface area contributed by atoms with Gasteiger partial charge in [-0.3, -0.25) is 4.79 Å². The Morgan fingerprint density at radius 3 is 2.09 bits per heavy atom. The lowest BCUT2D eigenvalue weighted by molar-refractivity contribution is 0.112. The first kappa shape index (κ1) is 15.9. The van der Waals surface area contributed by atoms with Gasteiger partial charge in [0.15, 0.2) is 11.5 Å². The van der Waals surface area contributed by atoms with E-state index in [1.54, 1.807) is 12.1 Å². The van der Waals surface area contributed by atoms with Crippen LogP contribution in [0.5, 0.6) is 23.0 Å². The summed E-state index contributed by atoms with van der Waals surface area (Å²) in [5, 5.41) is 0. The van der Waals surface area contributed by atoms with Crippen molar-refractivity contribution in [2.24, 2.45) is 0 Å². The lowest BCUT2D eigenvalue weighted by Crippen LogP contribution is -1.97. The SMILES string of the molecule is COc1cc(C=O)cc(Oc2ccc(C(C)C)cc2)c1OC. The molecule has 4 nitrogen and oxygen atoms in total. The highest BCUT2D eigenvalue weighted by Gasteiger charge is 2.14. The lowest BCUT2D eigenvalue weighted by Gasteiger charge is -2.15. The first-order valence-corrected chi connectivity index (χ1v) is 7.08. The van der Waals surface area contributed by atoms with Crippen molar-refractivity contribution in [1.82, 2.24) is 0 Å². The Bertz CT molecular complexity index is 645. The zero-order valence-corrected chi connectivity index (χ0v) is 13.3. The lowest BCUT2D eigenvalue weighted by atomic mass is 10.0. The largest absolute Gasteiger partial charge is 0.493 e. The second kappa shape index (κ2) is 6.98. The van der Waals surface area contributed by atoms with Crippen LogP contribution in [0.4, 0.5) is 0 Å². The van der Waals surface area contributed by atoms with Gasteiger partial charge in [-0.2, -0.15) is 0 Å². The molecule has 2 aromatic rings. The molecule has 0 N–H and O–H groups in total. The standard InChI is InChI=1S/C18H20O4/c1-12(2)14-5-7-15(8-6-14)22-17-10-13(11-19)9-16(20-3)18(17)21-4/h5-12H,1-4H3. The summed E-state index contributed by atoms with van der Waals surface area (Å²) in [6.07, 6.45) is 0.747. The Hall–Kier alpha value is -2.49. The van der Waals surface area contributed by atoms with Crippen molar-refractivity contribution in [3.8, 4) is 23.0 Å². The molecule has 2 aromatic carbocycles. The molecule has 116 valence electrons. The summed E-state index contributed by atoms with van der Waals surface area (Å²) in [6.45, 7) is 4.27. The number of hydrogen-bond donors (Lipinski definition) is 0. The van der Waals surface area contributed by atoms with Crippen molar-refractivity contribution in [3.05, 3.63) is 47.5 Å². The summed E-state index contributed by atoms with van der Waals surface area (Å²) in [5.41, 5.74) is 1.70. The van der Waals surface area contributed by atoms with Gasteiger partial charge in [0.2, 0.25) is 5.75 Å². The van der Waals surface area contributed by atoms with Gasteiger partial charge in [-0.25, -0.2) is 0 Å². The number of carbonyl (C=O) groups excluding carboxylic acids is 1. The fraction of sp³-hybridized carbons (Fsp3) is 0.278. The normalized spacial score (nSPS) is 10.4. The summed E-state index contributed by atoms with van der Waals surface area (Å²) in [6, 6.07) is 11.1. The topological polar surface area (TPSA) is 44.8 Å². The number of hydrogen-bond acceptors (Lipinski definition) is 4. The highest BCUT2D eigenvalue weighted by molar-refractivity contribution is 5.78. The fourth-order valence-corrected chi connectivity index (χ4v) is 2.14. The van der Waals surface area contributed by atoms with Gasteiger partial charge in [0, 0.05) is 5.56 Å². The van der Waals surface area contributed by atoms with E-state index >= 15 is 0 Å². The van der Waals surface area contributed by atoms with E-state index in [4.69, 9.17) is 14.2 Å². The summed E-state index contributed by atoms with van der Waals surface area (Å²) < 4.78 is 16.4. The Morgan fingerprint density at radius 2 is 1.59 bits per heavy atom. The minimum Gasteiger partial charge on any atom is -0.493 e. The number of aldehydes is 1. The molecule has 0 heterocycles. The Morgan fingerprint density at radius 1 is 0.955 bits per heavy atom. The number of carbonyl (C=O) groups is 1. The molecule has 0 bridgehead atoms. The van der Waals surface area contributed by atoms with Crippen LogP contribution < -0.4 is 14.2 Å². The molecule has 0 spiro atoms. The average molecular weight is 300 g/mol. The second-order valence-corrected chi connectivity index (χ2v) is 5.20. The molecule has 0 saturated heterocycles. The van der Waals surface area contributed by atoms with Crippen molar-refractivity contribution in [1.29, 1.82) is 0 Å². The van der Waals surface area contributed by atoms with Crippen molar-refractivity contribution >= 4 is 6.29 Å².